The molecule has 0 radical (unpaired) electrons. The number of anilines is 1. The van der Waals surface area contributed by atoms with E-state index in [1.165, 1.54) is 55.8 Å². The van der Waals surface area contributed by atoms with Gasteiger partial charge in [-0.3, -0.25) is 0 Å². The van der Waals surface area contributed by atoms with Gasteiger partial charge in [-0.15, -0.1) is 0 Å². The SMILES string of the molecule is Cc1cccc(N2Cc3c(-c4ccccc4)cc(-c4ccccc4)c(-c4ccccc4)c3C2)c1. The fraction of sp³-hybridized carbons (Fsp3) is 0.0909. The predicted octanol–water partition coefficient (Wildman–Crippen LogP) is 8.52. The highest BCUT2D eigenvalue weighted by Crippen LogP contribution is 2.45. The second-order valence-corrected chi connectivity index (χ2v) is 9.10. The number of nitrogens with zero attached hydrogens (tertiary/aromatic N) is 1. The van der Waals surface area contributed by atoms with Crippen molar-refractivity contribution in [2.45, 2.75) is 20.0 Å². The molecule has 34 heavy (non-hydrogen) atoms. The summed E-state index contributed by atoms with van der Waals surface area (Å²) < 4.78 is 0. The molecule has 0 unspecified atom stereocenters. The molecule has 0 aromatic heterocycles. The molecule has 0 atom stereocenters. The number of rotatable bonds is 4. The number of hydrogen-bond acceptors (Lipinski definition) is 1. The number of fused-ring (bicyclic) bond motifs is 1. The zero-order valence-electron chi connectivity index (χ0n) is 19.4. The summed E-state index contributed by atoms with van der Waals surface area (Å²) in [5, 5.41) is 0. The van der Waals surface area contributed by atoms with Crippen molar-refractivity contribution in [3.8, 4) is 33.4 Å². The molecule has 1 heteroatoms. The van der Waals surface area contributed by atoms with E-state index in [1.54, 1.807) is 0 Å². The van der Waals surface area contributed by atoms with E-state index in [0.29, 0.717) is 0 Å². The van der Waals surface area contributed by atoms with Crippen LogP contribution in [0, 0.1) is 6.92 Å². The highest BCUT2D eigenvalue weighted by Gasteiger charge is 2.28. The molecule has 1 nitrogen and oxygen atoms in total. The molecule has 0 bridgehead atoms. The van der Waals surface area contributed by atoms with Crippen molar-refractivity contribution in [2.75, 3.05) is 4.90 Å². The van der Waals surface area contributed by atoms with E-state index < -0.39 is 0 Å². The lowest BCUT2D eigenvalue weighted by Crippen LogP contribution is -2.14. The van der Waals surface area contributed by atoms with Crippen molar-refractivity contribution in [3.05, 3.63) is 138 Å². The second-order valence-electron chi connectivity index (χ2n) is 9.10. The van der Waals surface area contributed by atoms with Gasteiger partial charge in [0.05, 0.1) is 0 Å². The third-order valence-corrected chi connectivity index (χ3v) is 6.85. The smallest absolute Gasteiger partial charge is 0.0443 e. The summed E-state index contributed by atoms with van der Waals surface area (Å²) in [6.07, 6.45) is 0. The molecule has 0 saturated carbocycles. The van der Waals surface area contributed by atoms with Crippen molar-refractivity contribution in [1.82, 2.24) is 0 Å². The minimum atomic E-state index is 0.906. The van der Waals surface area contributed by atoms with Crippen LogP contribution < -0.4 is 4.90 Å². The summed E-state index contributed by atoms with van der Waals surface area (Å²) in [5.74, 6) is 0. The van der Waals surface area contributed by atoms with Gasteiger partial charge in [0.25, 0.3) is 0 Å². The maximum atomic E-state index is 2.52. The van der Waals surface area contributed by atoms with Crippen LogP contribution >= 0.6 is 0 Å². The van der Waals surface area contributed by atoms with E-state index in [4.69, 9.17) is 0 Å². The van der Waals surface area contributed by atoms with E-state index in [9.17, 15) is 0 Å². The van der Waals surface area contributed by atoms with Crippen molar-refractivity contribution in [3.63, 3.8) is 0 Å². The lowest BCUT2D eigenvalue weighted by Gasteiger charge is -2.19. The van der Waals surface area contributed by atoms with E-state index in [0.717, 1.165) is 13.1 Å². The van der Waals surface area contributed by atoms with E-state index in [-0.39, 0.29) is 0 Å². The molecule has 0 spiro atoms. The molecule has 164 valence electrons. The van der Waals surface area contributed by atoms with Gasteiger partial charge in [-0.05, 0) is 75.2 Å². The van der Waals surface area contributed by atoms with Crippen LogP contribution in [-0.4, -0.2) is 0 Å². The number of hydrogen-bond donors (Lipinski definition) is 0. The van der Waals surface area contributed by atoms with Crippen LogP contribution in [0.2, 0.25) is 0 Å². The van der Waals surface area contributed by atoms with Gasteiger partial charge < -0.3 is 4.90 Å². The average molecular weight is 438 g/mol. The quantitative estimate of drug-likeness (QED) is 0.272. The zero-order chi connectivity index (χ0) is 22.9. The summed E-state index contributed by atoms with van der Waals surface area (Å²) in [7, 11) is 0. The minimum Gasteiger partial charge on any atom is -0.363 e. The third-order valence-electron chi connectivity index (χ3n) is 6.85. The Morgan fingerprint density at radius 2 is 1.06 bits per heavy atom. The van der Waals surface area contributed by atoms with Gasteiger partial charge in [-0.1, -0.05) is 103 Å². The Hall–Kier alpha value is -4.10. The van der Waals surface area contributed by atoms with Crippen LogP contribution in [0.5, 0.6) is 0 Å². The molecule has 0 N–H and O–H groups in total. The lowest BCUT2D eigenvalue weighted by molar-refractivity contribution is 0.880. The predicted molar refractivity (Wildman–Crippen MR) is 144 cm³/mol. The van der Waals surface area contributed by atoms with Crippen molar-refractivity contribution < 1.29 is 0 Å². The molecule has 5 aromatic rings. The molecule has 0 saturated heterocycles. The molecule has 0 aliphatic carbocycles. The second kappa shape index (κ2) is 8.68. The number of benzene rings is 5. The summed E-state index contributed by atoms with van der Waals surface area (Å²) in [6, 6.07) is 43.9. The van der Waals surface area contributed by atoms with Gasteiger partial charge in [-0.25, -0.2) is 0 Å². The molecular formula is C33H27N. The highest BCUT2D eigenvalue weighted by molar-refractivity contribution is 5.92. The maximum Gasteiger partial charge on any atom is 0.0443 e. The standard InChI is InChI=1S/C33H27N/c1-24-12-11-19-28(20-24)34-22-31-29(25-13-5-2-6-14-25)21-30(26-15-7-3-8-16-26)33(32(31)23-34)27-17-9-4-10-18-27/h2-21H,22-23H2,1H3. The Bertz CT molecular complexity index is 1440. The Kier molecular flexibility index (Phi) is 5.24. The van der Waals surface area contributed by atoms with Crippen LogP contribution in [0.3, 0.4) is 0 Å². The first-order chi connectivity index (χ1) is 16.8. The van der Waals surface area contributed by atoms with E-state index in [2.05, 4.69) is 133 Å². The molecule has 0 fully saturated rings. The summed E-state index contributed by atoms with van der Waals surface area (Å²) >= 11 is 0. The summed E-state index contributed by atoms with van der Waals surface area (Å²) in [5.41, 5.74) is 13.3. The summed E-state index contributed by atoms with van der Waals surface area (Å²) in [6.45, 7) is 3.99. The Balaban J connectivity index is 1.63. The Labute approximate surface area is 202 Å². The molecule has 6 rings (SSSR count). The van der Waals surface area contributed by atoms with Gasteiger partial charge in [0.15, 0.2) is 0 Å². The molecule has 5 aromatic carbocycles. The summed E-state index contributed by atoms with van der Waals surface area (Å²) in [4.78, 5) is 2.52. The third kappa shape index (κ3) is 3.70. The van der Waals surface area contributed by atoms with Crippen LogP contribution in [0.4, 0.5) is 5.69 Å². The van der Waals surface area contributed by atoms with Gasteiger partial charge in [0.1, 0.15) is 0 Å². The molecule has 1 heterocycles. The van der Waals surface area contributed by atoms with Crippen molar-refractivity contribution in [2.24, 2.45) is 0 Å². The fourth-order valence-corrected chi connectivity index (χ4v) is 5.23. The topological polar surface area (TPSA) is 3.24 Å². The van der Waals surface area contributed by atoms with Crippen molar-refractivity contribution >= 4 is 5.69 Å². The largest absolute Gasteiger partial charge is 0.363 e. The normalized spacial score (nSPS) is 12.6. The van der Waals surface area contributed by atoms with Crippen LogP contribution in [0.1, 0.15) is 16.7 Å². The van der Waals surface area contributed by atoms with E-state index >= 15 is 0 Å². The van der Waals surface area contributed by atoms with E-state index in [1.807, 2.05) is 0 Å². The zero-order valence-corrected chi connectivity index (χ0v) is 19.4. The van der Waals surface area contributed by atoms with Gasteiger partial charge in [-0.2, -0.15) is 0 Å². The fourth-order valence-electron chi connectivity index (χ4n) is 5.23. The van der Waals surface area contributed by atoms with Crippen LogP contribution in [-0.2, 0) is 13.1 Å². The molecule has 1 aliphatic rings. The Morgan fingerprint density at radius 1 is 0.500 bits per heavy atom. The monoisotopic (exact) mass is 437 g/mol. The van der Waals surface area contributed by atoms with Gasteiger partial charge in [0, 0.05) is 18.8 Å². The van der Waals surface area contributed by atoms with Gasteiger partial charge in [0.2, 0.25) is 0 Å². The molecule has 1 aliphatic heterocycles. The first-order valence-corrected chi connectivity index (χ1v) is 11.9. The average Bonchev–Trinajstić information content (AvgIpc) is 3.35. The first-order valence-electron chi connectivity index (χ1n) is 11.9. The maximum absolute atomic E-state index is 2.52. The van der Waals surface area contributed by atoms with Crippen LogP contribution in [0.15, 0.2) is 121 Å². The lowest BCUT2D eigenvalue weighted by atomic mass is 9.84. The van der Waals surface area contributed by atoms with Gasteiger partial charge >= 0.3 is 0 Å². The molecule has 0 amide bonds. The number of aryl methyl sites for hydroxylation is 1. The van der Waals surface area contributed by atoms with Crippen LogP contribution in [0.25, 0.3) is 33.4 Å². The highest BCUT2D eigenvalue weighted by atomic mass is 15.1. The molecular weight excluding hydrogens is 410 g/mol. The van der Waals surface area contributed by atoms with Crippen molar-refractivity contribution in [1.29, 1.82) is 0 Å². The Morgan fingerprint density at radius 3 is 1.68 bits per heavy atom. The minimum absolute atomic E-state index is 0.906. The first kappa shape index (κ1) is 20.5.